The predicted molar refractivity (Wildman–Crippen MR) is 150 cm³/mol. The van der Waals surface area contributed by atoms with Crippen LogP contribution in [0.3, 0.4) is 0 Å². The van der Waals surface area contributed by atoms with Gasteiger partial charge in [0.2, 0.25) is 5.91 Å². The van der Waals surface area contributed by atoms with E-state index in [1.807, 2.05) is 16.9 Å². The SMILES string of the molecule is CC1CCC([C@H](NC(=O)c2cnn(C3CCOCC3)c2)C(=O)Nc2ccc3c(c2)C=CC32CCOCC2)CC1. The molecule has 2 saturated heterocycles. The third-order valence-corrected chi connectivity index (χ3v) is 9.35. The molecular weight excluding hydrogens is 492 g/mol. The summed E-state index contributed by atoms with van der Waals surface area (Å²) in [6, 6.07) is 5.86. The molecule has 3 heterocycles. The van der Waals surface area contributed by atoms with Crippen LogP contribution in [-0.2, 0) is 19.7 Å². The van der Waals surface area contributed by atoms with Crippen LogP contribution in [0.15, 0.2) is 36.7 Å². The van der Waals surface area contributed by atoms with Crippen molar-refractivity contribution in [2.75, 3.05) is 31.7 Å². The number of hydrogen-bond donors (Lipinski definition) is 2. The Morgan fingerprint density at radius 3 is 2.54 bits per heavy atom. The fourth-order valence-corrected chi connectivity index (χ4v) is 6.81. The molecule has 0 bridgehead atoms. The second-order valence-corrected chi connectivity index (χ2v) is 11.9. The highest BCUT2D eigenvalue weighted by Crippen LogP contribution is 2.44. The van der Waals surface area contributed by atoms with Crippen molar-refractivity contribution in [3.8, 4) is 0 Å². The summed E-state index contributed by atoms with van der Waals surface area (Å²) >= 11 is 0. The molecule has 2 N–H and O–H groups in total. The first-order valence-electron chi connectivity index (χ1n) is 14.7. The van der Waals surface area contributed by atoms with Crippen molar-refractivity contribution in [3.05, 3.63) is 53.4 Å². The molecule has 2 amide bonds. The van der Waals surface area contributed by atoms with E-state index in [9.17, 15) is 9.59 Å². The minimum atomic E-state index is -0.595. The van der Waals surface area contributed by atoms with E-state index in [4.69, 9.17) is 9.47 Å². The van der Waals surface area contributed by atoms with Gasteiger partial charge in [-0.05, 0) is 73.6 Å². The smallest absolute Gasteiger partial charge is 0.255 e. The zero-order valence-electron chi connectivity index (χ0n) is 22.9. The van der Waals surface area contributed by atoms with Crippen molar-refractivity contribution in [3.63, 3.8) is 0 Å². The van der Waals surface area contributed by atoms with Crippen LogP contribution in [0.5, 0.6) is 0 Å². The third kappa shape index (κ3) is 5.54. The maximum Gasteiger partial charge on any atom is 0.255 e. The highest BCUT2D eigenvalue weighted by atomic mass is 16.5. The van der Waals surface area contributed by atoms with Gasteiger partial charge in [-0.15, -0.1) is 0 Å². The lowest BCUT2D eigenvalue weighted by molar-refractivity contribution is -0.119. The highest BCUT2D eigenvalue weighted by Gasteiger charge is 2.37. The van der Waals surface area contributed by atoms with E-state index < -0.39 is 6.04 Å². The number of benzene rings is 1. The second kappa shape index (κ2) is 11.3. The second-order valence-electron chi connectivity index (χ2n) is 11.9. The summed E-state index contributed by atoms with van der Waals surface area (Å²) in [6.45, 7) is 5.23. The van der Waals surface area contributed by atoms with E-state index in [0.717, 1.165) is 75.8 Å². The monoisotopic (exact) mass is 532 g/mol. The summed E-state index contributed by atoms with van der Waals surface area (Å²) in [5, 5.41) is 10.7. The van der Waals surface area contributed by atoms with Crippen LogP contribution in [0, 0.1) is 11.8 Å². The van der Waals surface area contributed by atoms with Gasteiger partial charge in [-0.1, -0.05) is 38.0 Å². The quantitative estimate of drug-likeness (QED) is 0.553. The minimum Gasteiger partial charge on any atom is -0.381 e. The largest absolute Gasteiger partial charge is 0.381 e. The van der Waals surface area contributed by atoms with Gasteiger partial charge >= 0.3 is 0 Å². The number of nitrogens with zero attached hydrogens (tertiary/aromatic N) is 2. The fourth-order valence-electron chi connectivity index (χ4n) is 6.81. The van der Waals surface area contributed by atoms with Gasteiger partial charge < -0.3 is 20.1 Å². The Labute approximate surface area is 230 Å². The Kier molecular flexibility index (Phi) is 7.58. The summed E-state index contributed by atoms with van der Waals surface area (Å²) in [5.41, 5.74) is 3.79. The van der Waals surface area contributed by atoms with Crippen LogP contribution in [0.1, 0.15) is 85.8 Å². The topological polar surface area (TPSA) is 94.5 Å². The first-order valence-corrected chi connectivity index (χ1v) is 14.7. The number of rotatable bonds is 6. The number of carbonyl (C=O) groups excluding carboxylic acids is 2. The molecule has 0 radical (unpaired) electrons. The number of amides is 2. The van der Waals surface area contributed by atoms with E-state index in [-0.39, 0.29) is 29.2 Å². The zero-order chi connectivity index (χ0) is 26.8. The summed E-state index contributed by atoms with van der Waals surface area (Å²) in [7, 11) is 0. The molecule has 39 heavy (non-hydrogen) atoms. The molecule has 0 unspecified atom stereocenters. The predicted octanol–water partition coefficient (Wildman–Crippen LogP) is 4.87. The molecule has 2 aliphatic carbocycles. The Balaban J connectivity index is 1.17. The van der Waals surface area contributed by atoms with E-state index >= 15 is 0 Å². The summed E-state index contributed by atoms with van der Waals surface area (Å²) in [5.74, 6) is 0.364. The number of hydrogen-bond acceptors (Lipinski definition) is 5. The maximum atomic E-state index is 13.7. The number of anilines is 1. The van der Waals surface area contributed by atoms with Crippen LogP contribution < -0.4 is 10.6 Å². The maximum absolute atomic E-state index is 13.7. The van der Waals surface area contributed by atoms with Crippen LogP contribution in [-0.4, -0.2) is 54.1 Å². The molecule has 208 valence electrons. The van der Waals surface area contributed by atoms with Gasteiger partial charge in [-0.25, -0.2) is 0 Å². The Morgan fingerprint density at radius 2 is 1.77 bits per heavy atom. The van der Waals surface area contributed by atoms with E-state index in [1.54, 1.807) is 6.20 Å². The van der Waals surface area contributed by atoms with Crippen LogP contribution in [0.4, 0.5) is 5.69 Å². The Morgan fingerprint density at radius 1 is 1.03 bits per heavy atom. The standard InChI is InChI=1S/C31H40N4O4/c1-21-2-4-22(5-3-21)28(34-29(36)24-19-32-35(20-24)26-9-14-38-15-10-26)30(37)33-25-6-7-27-23(18-25)8-11-31(27)12-16-39-17-13-31/h6-8,11,18-22,26,28H,2-5,9-10,12-17H2,1H3,(H,33,37)(H,34,36)/t21?,22?,28-/m0/s1. The number of allylic oxidation sites excluding steroid dienone is 1. The number of carbonyl (C=O) groups is 2. The molecule has 1 aromatic carbocycles. The van der Waals surface area contributed by atoms with Gasteiger partial charge in [0, 0.05) is 43.7 Å². The number of ether oxygens (including phenoxy) is 2. The fraction of sp³-hybridized carbons (Fsp3) is 0.581. The van der Waals surface area contributed by atoms with E-state index in [2.05, 4.69) is 46.9 Å². The van der Waals surface area contributed by atoms with Crippen molar-refractivity contribution in [2.24, 2.45) is 11.8 Å². The molecule has 3 fully saturated rings. The lowest BCUT2D eigenvalue weighted by Crippen LogP contribution is -2.49. The van der Waals surface area contributed by atoms with Gasteiger partial charge in [-0.2, -0.15) is 5.10 Å². The van der Waals surface area contributed by atoms with Crippen LogP contribution in [0.25, 0.3) is 6.08 Å². The van der Waals surface area contributed by atoms with Gasteiger partial charge in [0.15, 0.2) is 0 Å². The van der Waals surface area contributed by atoms with E-state index in [0.29, 0.717) is 24.7 Å². The molecule has 8 heteroatoms. The van der Waals surface area contributed by atoms with Crippen molar-refractivity contribution in [1.82, 2.24) is 15.1 Å². The average Bonchev–Trinajstić information content (AvgIpc) is 3.59. The van der Waals surface area contributed by atoms with Gasteiger partial charge in [0.25, 0.3) is 5.91 Å². The van der Waals surface area contributed by atoms with E-state index in [1.165, 1.54) is 5.56 Å². The molecule has 2 aromatic rings. The van der Waals surface area contributed by atoms with Crippen molar-refractivity contribution in [2.45, 2.75) is 75.8 Å². The number of aromatic nitrogens is 2. The Bertz CT molecular complexity index is 1220. The minimum absolute atomic E-state index is 0.0561. The molecule has 4 aliphatic rings. The van der Waals surface area contributed by atoms with Crippen molar-refractivity contribution >= 4 is 23.6 Å². The molecule has 1 saturated carbocycles. The van der Waals surface area contributed by atoms with Crippen LogP contribution in [0.2, 0.25) is 0 Å². The normalized spacial score (nSPS) is 25.3. The first-order chi connectivity index (χ1) is 19.0. The summed E-state index contributed by atoms with van der Waals surface area (Å²) in [4.78, 5) is 27.1. The molecule has 2 aliphatic heterocycles. The molecule has 8 nitrogen and oxygen atoms in total. The summed E-state index contributed by atoms with van der Waals surface area (Å²) in [6.07, 6.45) is 15.6. The lowest BCUT2D eigenvalue weighted by atomic mass is 9.76. The van der Waals surface area contributed by atoms with Gasteiger partial charge in [0.1, 0.15) is 6.04 Å². The number of nitrogens with one attached hydrogen (secondary N) is 2. The van der Waals surface area contributed by atoms with Crippen molar-refractivity contribution < 1.29 is 19.1 Å². The molecule has 6 rings (SSSR count). The first kappa shape index (κ1) is 26.3. The average molecular weight is 533 g/mol. The molecular formula is C31H40N4O4. The molecule has 1 spiro atoms. The number of fused-ring (bicyclic) bond motifs is 2. The van der Waals surface area contributed by atoms with Crippen LogP contribution >= 0.6 is 0 Å². The Hall–Kier alpha value is -2.97. The third-order valence-electron chi connectivity index (χ3n) is 9.35. The van der Waals surface area contributed by atoms with Gasteiger partial charge in [0.05, 0.1) is 17.8 Å². The molecule has 1 aromatic heterocycles. The molecule has 1 atom stereocenters. The summed E-state index contributed by atoms with van der Waals surface area (Å²) < 4.78 is 12.9. The van der Waals surface area contributed by atoms with Gasteiger partial charge in [-0.3, -0.25) is 14.3 Å². The zero-order valence-corrected chi connectivity index (χ0v) is 22.9. The lowest BCUT2D eigenvalue weighted by Gasteiger charge is -2.33. The van der Waals surface area contributed by atoms with Crippen molar-refractivity contribution in [1.29, 1.82) is 0 Å². The highest BCUT2D eigenvalue weighted by molar-refractivity contribution is 6.01.